The lowest BCUT2D eigenvalue weighted by molar-refractivity contribution is -0.135. The lowest BCUT2D eigenvalue weighted by atomic mass is 10.1. The topological polar surface area (TPSA) is 85.7 Å². The summed E-state index contributed by atoms with van der Waals surface area (Å²) in [6, 6.07) is 7.23. The molecule has 0 aromatic heterocycles. The van der Waals surface area contributed by atoms with E-state index in [1.165, 1.54) is 0 Å². The lowest BCUT2D eigenvalue weighted by Crippen LogP contribution is -2.62. The van der Waals surface area contributed by atoms with Crippen molar-refractivity contribution < 1.29 is 14.3 Å². The third kappa shape index (κ3) is 4.06. The van der Waals surface area contributed by atoms with Gasteiger partial charge in [-0.1, -0.05) is 12.1 Å². The highest BCUT2D eigenvalue weighted by molar-refractivity contribution is 5.84. The van der Waals surface area contributed by atoms with Gasteiger partial charge in [-0.15, -0.1) is 0 Å². The molecule has 1 fully saturated rings. The Morgan fingerprint density at radius 1 is 1.30 bits per heavy atom. The zero-order valence-electron chi connectivity index (χ0n) is 16.3. The Bertz CT molecular complexity index is 793. The van der Waals surface area contributed by atoms with E-state index in [1.807, 2.05) is 39.8 Å². The van der Waals surface area contributed by atoms with Crippen LogP contribution in [0.3, 0.4) is 0 Å². The first-order chi connectivity index (χ1) is 12.7. The number of piperazine rings is 1. The molecular formula is C20H26N4O3. The van der Waals surface area contributed by atoms with E-state index in [1.54, 1.807) is 15.9 Å². The number of benzene rings is 1. The van der Waals surface area contributed by atoms with Crippen LogP contribution in [0.2, 0.25) is 0 Å². The minimum Gasteiger partial charge on any atom is -0.444 e. The Labute approximate surface area is 159 Å². The Kier molecular flexibility index (Phi) is 5.11. The van der Waals surface area contributed by atoms with E-state index in [2.05, 4.69) is 11.4 Å². The highest BCUT2D eigenvalue weighted by Gasteiger charge is 2.37. The summed E-state index contributed by atoms with van der Waals surface area (Å²) in [5, 5.41) is 12.5. The molecule has 0 spiro atoms. The van der Waals surface area contributed by atoms with E-state index in [0.717, 1.165) is 11.1 Å². The van der Waals surface area contributed by atoms with E-state index in [4.69, 9.17) is 4.74 Å². The number of nitrogens with one attached hydrogen (secondary N) is 1. The summed E-state index contributed by atoms with van der Waals surface area (Å²) >= 11 is 0. The van der Waals surface area contributed by atoms with Gasteiger partial charge in [-0.3, -0.25) is 4.79 Å². The van der Waals surface area contributed by atoms with Gasteiger partial charge in [0.1, 0.15) is 11.6 Å². The number of amides is 2. The normalized spacial score (nSPS) is 22.2. The average Bonchev–Trinajstić information content (AvgIpc) is 3.04. The molecule has 2 atom stereocenters. The summed E-state index contributed by atoms with van der Waals surface area (Å²) in [6.07, 6.45) is -0.397. The standard InChI is InChI=1S/C20H26N4O3/c1-13-9-22-17(12-24(13)19(26)27-20(2,3)4)18(25)23-10-15-7-5-6-14(8-21)16(15)11-23/h5-7,13,17,22H,9-12H2,1-4H3/t13-,17+/m1/s1. The molecule has 3 rings (SSSR count). The van der Waals surface area contributed by atoms with E-state index in [9.17, 15) is 14.9 Å². The predicted octanol–water partition coefficient (Wildman–Crippen LogP) is 2.00. The average molecular weight is 370 g/mol. The number of carbonyl (C=O) groups is 2. The zero-order chi connectivity index (χ0) is 19.8. The first-order valence-corrected chi connectivity index (χ1v) is 9.22. The van der Waals surface area contributed by atoms with Crippen molar-refractivity contribution in [2.24, 2.45) is 0 Å². The van der Waals surface area contributed by atoms with Crippen molar-refractivity contribution in [3.8, 4) is 6.07 Å². The van der Waals surface area contributed by atoms with Crippen molar-refractivity contribution in [3.63, 3.8) is 0 Å². The molecule has 0 saturated carbocycles. The number of carbonyl (C=O) groups excluding carboxylic acids is 2. The first kappa shape index (κ1) is 19.2. The van der Waals surface area contributed by atoms with Gasteiger partial charge in [0.25, 0.3) is 0 Å². The van der Waals surface area contributed by atoms with Crippen molar-refractivity contribution in [1.82, 2.24) is 15.1 Å². The van der Waals surface area contributed by atoms with Crippen molar-refractivity contribution >= 4 is 12.0 Å². The number of ether oxygens (including phenoxy) is 1. The maximum atomic E-state index is 13.0. The molecule has 0 aliphatic carbocycles. The summed E-state index contributed by atoms with van der Waals surface area (Å²) in [5.41, 5.74) is 1.96. The maximum Gasteiger partial charge on any atom is 0.410 e. The van der Waals surface area contributed by atoms with Gasteiger partial charge in [0, 0.05) is 32.2 Å². The van der Waals surface area contributed by atoms with E-state index in [0.29, 0.717) is 25.2 Å². The minimum absolute atomic E-state index is 0.0510. The van der Waals surface area contributed by atoms with Crippen LogP contribution < -0.4 is 5.32 Å². The fourth-order valence-corrected chi connectivity index (χ4v) is 3.51. The van der Waals surface area contributed by atoms with Crippen LogP contribution in [0.1, 0.15) is 44.4 Å². The van der Waals surface area contributed by atoms with Gasteiger partial charge in [-0.25, -0.2) is 4.79 Å². The molecule has 2 aliphatic rings. The van der Waals surface area contributed by atoms with Crippen molar-refractivity contribution in [2.45, 2.75) is 58.5 Å². The molecule has 1 aromatic rings. The highest BCUT2D eigenvalue weighted by atomic mass is 16.6. The number of nitriles is 1. The molecule has 144 valence electrons. The fourth-order valence-electron chi connectivity index (χ4n) is 3.51. The summed E-state index contributed by atoms with van der Waals surface area (Å²) in [4.78, 5) is 28.9. The minimum atomic E-state index is -0.578. The van der Waals surface area contributed by atoms with Crippen LogP contribution in [0.15, 0.2) is 18.2 Å². The molecule has 27 heavy (non-hydrogen) atoms. The quantitative estimate of drug-likeness (QED) is 0.817. The molecule has 2 amide bonds. The molecule has 0 bridgehead atoms. The zero-order valence-corrected chi connectivity index (χ0v) is 16.3. The Balaban J connectivity index is 1.69. The second-order valence-electron chi connectivity index (χ2n) is 8.19. The van der Waals surface area contributed by atoms with Gasteiger partial charge in [0.2, 0.25) is 5.91 Å². The monoisotopic (exact) mass is 370 g/mol. The van der Waals surface area contributed by atoms with Crippen LogP contribution in [0.5, 0.6) is 0 Å². The largest absolute Gasteiger partial charge is 0.444 e. The van der Waals surface area contributed by atoms with E-state index in [-0.39, 0.29) is 18.5 Å². The van der Waals surface area contributed by atoms with Crippen LogP contribution in [-0.2, 0) is 22.6 Å². The number of rotatable bonds is 1. The Morgan fingerprint density at radius 2 is 2.04 bits per heavy atom. The number of fused-ring (bicyclic) bond motifs is 1. The molecule has 0 unspecified atom stereocenters. The van der Waals surface area contributed by atoms with Crippen molar-refractivity contribution in [1.29, 1.82) is 5.26 Å². The van der Waals surface area contributed by atoms with Gasteiger partial charge in [-0.05, 0) is 44.9 Å². The molecule has 7 nitrogen and oxygen atoms in total. The Morgan fingerprint density at radius 3 is 2.70 bits per heavy atom. The molecule has 2 heterocycles. The predicted molar refractivity (Wildman–Crippen MR) is 99.6 cm³/mol. The summed E-state index contributed by atoms with van der Waals surface area (Å²) < 4.78 is 5.48. The van der Waals surface area contributed by atoms with E-state index >= 15 is 0 Å². The maximum absolute atomic E-state index is 13.0. The second-order valence-corrected chi connectivity index (χ2v) is 8.19. The van der Waals surface area contributed by atoms with Crippen LogP contribution in [0.25, 0.3) is 0 Å². The molecule has 0 radical (unpaired) electrons. The smallest absolute Gasteiger partial charge is 0.410 e. The number of hydrogen-bond donors (Lipinski definition) is 1. The van der Waals surface area contributed by atoms with Crippen LogP contribution in [0.4, 0.5) is 4.79 Å². The van der Waals surface area contributed by atoms with Gasteiger partial charge in [0.15, 0.2) is 0 Å². The Hall–Kier alpha value is -2.59. The first-order valence-electron chi connectivity index (χ1n) is 9.22. The highest BCUT2D eigenvalue weighted by Crippen LogP contribution is 2.26. The molecule has 2 aliphatic heterocycles. The van der Waals surface area contributed by atoms with Crippen molar-refractivity contribution in [2.75, 3.05) is 13.1 Å². The fraction of sp³-hybridized carbons (Fsp3) is 0.550. The summed E-state index contributed by atoms with van der Waals surface area (Å²) in [7, 11) is 0. The summed E-state index contributed by atoms with van der Waals surface area (Å²) in [6.45, 7) is 9.13. The third-order valence-electron chi connectivity index (χ3n) is 4.91. The molecular weight excluding hydrogens is 344 g/mol. The molecule has 1 N–H and O–H groups in total. The molecule has 1 saturated heterocycles. The third-order valence-corrected chi connectivity index (χ3v) is 4.91. The van der Waals surface area contributed by atoms with Gasteiger partial charge < -0.3 is 19.9 Å². The number of nitrogens with zero attached hydrogens (tertiary/aromatic N) is 3. The van der Waals surface area contributed by atoms with Crippen LogP contribution in [-0.4, -0.2) is 52.6 Å². The number of hydrogen-bond acceptors (Lipinski definition) is 5. The molecule has 1 aromatic carbocycles. The SMILES string of the molecule is C[C@@H]1CN[C@H](C(=O)N2Cc3cccc(C#N)c3C2)CN1C(=O)OC(C)(C)C. The summed E-state index contributed by atoms with van der Waals surface area (Å²) in [5.74, 6) is -0.0597. The van der Waals surface area contributed by atoms with Crippen LogP contribution >= 0.6 is 0 Å². The molecule has 7 heteroatoms. The lowest BCUT2D eigenvalue weighted by Gasteiger charge is -2.39. The van der Waals surface area contributed by atoms with Crippen LogP contribution in [0, 0.1) is 11.3 Å². The van der Waals surface area contributed by atoms with Crippen molar-refractivity contribution in [3.05, 3.63) is 34.9 Å². The van der Waals surface area contributed by atoms with Gasteiger partial charge in [-0.2, -0.15) is 5.26 Å². The van der Waals surface area contributed by atoms with Gasteiger partial charge in [0.05, 0.1) is 11.6 Å². The van der Waals surface area contributed by atoms with Gasteiger partial charge >= 0.3 is 6.09 Å². The van der Waals surface area contributed by atoms with E-state index < -0.39 is 17.7 Å². The second kappa shape index (κ2) is 7.20.